The van der Waals surface area contributed by atoms with E-state index in [0.29, 0.717) is 10.9 Å². The fraction of sp³-hybridized carbons (Fsp3) is 0. The van der Waals surface area contributed by atoms with Crippen LogP contribution >= 0.6 is 0 Å². The number of hydrogen-bond donors (Lipinski definition) is 0. The van der Waals surface area contributed by atoms with Gasteiger partial charge in [0.1, 0.15) is 5.56 Å². The Kier molecular flexibility index (Phi) is 3.86. The lowest BCUT2D eigenvalue weighted by Gasteiger charge is -2.11. The van der Waals surface area contributed by atoms with Crippen LogP contribution < -0.4 is 4.74 Å². The second-order valence-corrected chi connectivity index (χ2v) is 5.87. The number of esters is 1. The average molecular weight is 341 g/mol. The van der Waals surface area contributed by atoms with Gasteiger partial charge in [-0.1, -0.05) is 66.7 Å². The van der Waals surface area contributed by atoms with Crippen LogP contribution in [0.1, 0.15) is 20.7 Å². The van der Waals surface area contributed by atoms with Crippen LogP contribution in [0.3, 0.4) is 0 Å². The lowest BCUT2D eigenvalue weighted by Crippen LogP contribution is -2.12. The molecule has 0 aromatic heterocycles. The normalized spacial score (nSPS) is 10.8. The van der Waals surface area contributed by atoms with Crippen LogP contribution in [0.4, 0.5) is 0 Å². The predicted octanol–water partition coefficient (Wildman–Crippen LogP) is 4.78. The Balaban J connectivity index is 1.85. The molecule has 0 aliphatic heterocycles. The summed E-state index contributed by atoms with van der Waals surface area (Å²) in [7, 11) is 0. The number of hydrogen-bond acceptors (Lipinski definition) is 3. The minimum absolute atomic E-state index is 0.000958. The zero-order chi connectivity index (χ0) is 18.1. The third-order valence-electron chi connectivity index (χ3n) is 4.30. The third-order valence-corrected chi connectivity index (χ3v) is 4.30. The molecule has 0 spiro atoms. The minimum atomic E-state index is -1.39. The molecule has 4 nitrogen and oxygen atoms in total. The monoisotopic (exact) mass is 341 g/mol. The van der Waals surface area contributed by atoms with Gasteiger partial charge in [-0.05, 0) is 28.3 Å². The Morgan fingerprint density at radius 2 is 1.23 bits per heavy atom. The molecule has 0 fully saturated rings. The van der Waals surface area contributed by atoms with Crippen molar-refractivity contribution in [2.45, 2.75) is 0 Å². The van der Waals surface area contributed by atoms with Gasteiger partial charge in [-0.15, -0.1) is 0 Å². The zero-order valence-electron chi connectivity index (χ0n) is 13.6. The molecule has 0 aliphatic rings. The van der Waals surface area contributed by atoms with Crippen molar-refractivity contribution < 1.29 is 19.4 Å². The van der Waals surface area contributed by atoms with Gasteiger partial charge in [-0.2, -0.15) is 0 Å². The van der Waals surface area contributed by atoms with Gasteiger partial charge < -0.3 is 4.74 Å². The van der Waals surface area contributed by atoms with E-state index >= 15 is 0 Å². The second kappa shape index (κ2) is 6.33. The summed E-state index contributed by atoms with van der Waals surface area (Å²) in [6, 6.07) is 23.0. The summed E-state index contributed by atoms with van der Waals surface area (Å²) in [6.45, 7) is 0. The summed E-state index contributed by atoms with van der Waals surface area (Å²) in [4.78, 5) is 24.3. The van der Waals surface area contributed by atoms with Crippen molar-refractivity contribution in [3.8, 4) is 5.75 Å². The summed E-state index contributed by atoms with van der Waals surface area (Å²) in [5.74, 6) is -2.00. The average Bonchev–Trinajstić information content (AvgIpc) is 2.67. The molecule has 4 rings (SSSR count). The molecule has 0 bridgehead atoms. The van der Waals surface area contributed by atoms with Crippen molar-refractivity contribution in [3.63, 3.8) is 0 Å². The molecule has 0 N–H and O–H groups in total. The van der Waals surface area contributed by atoms with E-state index in [4.69, 9.17) is 4.74 Å². The lowest BCUT2D eigenvalue weighted by atomic mass is 10.0. The van der Waals surface area contributed by atoms with Gasteiger partial charge in [-0.3, -0.25) is 0 Å². The Hall–Kier alpha value is -3.66. The molecule has 0 saturated heterocycles. The van der Waals surface area contributed by atoms with Crippen LogP contribution in [-0.4, -0.2) is 11.9 Å². The van der Waals surface area contributed by atoms with E-state index in [9.17, 15) is 14.7 Å². The second-order valence-electron chi connectivity index (χ2n) is 5.87. The van der Waals surface area contributed by atoms with E-state index in [2.05, 4.69) is 0 Å². The zero-order valence-corrected chi connectivity index (χ0v) is 13.6. The number of carbonyl (C=O) groups excluding carboxylic acids is 2. The quantitative estimate of drug-likeness (QED) is 0.398. The van der Waals surface area contributed by atoms with E-state index in [1.807, 2.05) is 42.5 Å². The number of carbonyl (C=O) groups is 2. The SMILES string of the molecule is [O]C(=O)c1ccc2ccccc2c1OC(=O)c1cccc2ccccc12. The molecule has 4 aromatic rings. The van der Waals surface area contributed by atoms with Gasteiger partial charge in [0.05, 0.1) is 5.56 Å². The van der Waals surface area contributed by atoms with E-state index < -0.39 is 11.9 Å². The fourth-order valence-corrected chi connectivity index (χ4v) is 3.06. The summed E-state index contributed by atoms with van der Waals surface area (Å²) < 4.78 is 5.55. The van der Waals surface area contributed by atoms with Crippen molar-refractivity contribution >= 4 is 33.5 Å². The molecule has 0 atom stereocenters. The van der Waals surface area contributed by atoms with Crippen LogP contribution in [0.2, 0.25) is 0 Å². The van der Waals surface area contributed by atoms with Crippen LogP contribution in [-0.2, 0) is 5.11 Å². The molecule has 0 heterocycles. The van der Waals surface area contributed by atoms with Gasteiger partial charge in [0.2, 0.25) is 0 Å². The first-order valence-corrected chi connectivity index (χ1v) is 8.08. The van der Waals surface area contributed by atoms with Crippen LogP contribution in [0, 0.1) is 0 Å². The maximum absolute atomic E-state index is 12.8. The highest BCUT2D eigenvalue weighted by Crippen LogP contribution is 2.31. The van der Waals surface area contributed by atoms with Crippen molar-refractivity contribution in [1.82, 2.24) is 0 Å². The summed E-state index contributed by atoms with van der Waals surface area (Å²) >= 11 is 0. The van der Waals surface area contributed by atoms with Gasteiger partial charge in [0, 0.05) is 5.39 Å². The molecule has 1 radical (unpaired) electrons. The Morgan fingerprint density at radius 1 is 0.615 bits per heavy atom. The molecule has 0 amide bonds. The molecule has 125 valence electrons. The minimum Gasteiger partial charge on any atom is -0.421 e. The fourth-order valence-electron chi connectivity index (χ4n) is 3.06. The van der Waals surface area contributed by atoms with E-state index in [-0.39, 0.29) is 11.3 Å². The first-order chi connectivity index (χ1) is 12.6. The topological polar surface area (TPSA) is 63.3 Å². The molecular weight excluding hydrogens is 328 g/mol. The Morgan fingerprint density at radius 3 is 1.96 bits per heavy atom. The number of ether oxygens (including phenoxy) is 1. The Labute approximate surface area is 149 Å². The largest absolute Gasteiger partial charge is 0.421 e. The number of fused-ring (bicyclic) bond motifs is 2. The van der Waals surface area contributed by atoms with E-state index in [1.54, 1.807) is 30.3 Å². The van der Waals surface area contributed by atoms with Crippen molar-refractivity contribution in [1.29, 1.82) is 0 Å². The van der Waals surface area contributed by atoms with Crippen molar-refractivity contribution in [3.05, 3.63) is 90.0 Å². The molecule has 0 aliphatic carbocycles. The molecular formula is C22H13O4. The Bertz CT molecular complexity index is 1160. The third kappa shape index (κ3) is 2.67. The van der Waals surface area contributed by atoms with Crippen molar-refractivity contribution in [2.75, 3.05) is 0 Å². The molecule has 4 aromatic carbocycles. The van der Waals surface area contributed by atoms with Crippen LogP contribution in [0.25, 0.3) is 21.5 Å². The van der Waals surface area contributed by atoms with Crippen molar-refractivity contribution in [2.24, 2.45) is 0 Å². The van der Waals surface area contributed by atoms with Crippen LogP contribution in [0.15, 0.2) is 78.9 Å². The highest BCUT2D eigenvalue weighted by Gasteiger charge is 2.20. The summed E-state index contributed by atoms with van der Waals surface area (Å²) in [5.41, 5.74) is 0.220. The first-order valence-electron chi connectivity index (χ1n) is 8.08. The summed E-state index contributed by atoms with van der Waals surface area (Å²) in [5, 5.41) is 14.5. The molecule has 26 heavy (non-hydrogen) atoms. The standard InChI is InChI=1S/C22H13O4/c23-21(24)19-13-12-15-7-2-4-10-17(15)20(19)26-22(25)18-11-5-8-14-6-1-3-9-16(14)18/h1-13H. The number of benzene rings is 4. The van der Waals surface area contributed by atoms with E-state index in [1.165, 1.54) is 6.07 Å². The van der Waals surface area contributed by atoms with Gasteiger partial charge in [0.15, 0.2) is 5.75 Å². The van der Waals surface area contributed by atoms with Gasteiger partial charge in [-0.25, -0.2) is 14.7 Å². The van der Waals surface area contributed by atoms with Crippen LogP contribution in [0.5, 0.6) is 5.75 Å². The van der Waals surface area contributed by atoms with E-state index in [0.717, 1.165) is 16.2 Å². The number of rotatable bonds is 3. The highest BCUT2D eigenvalue weighted by atomic mass is 16.5. The highest BCUT2D eigenvalue weighted by molar-refractivity contribution is 6.08. The molecule has 0 saturated carbocycles. The van der Waals surface area contributed by atoms with Gasteiger partial charge >= 0.3 is 11.9 Å². The maximum atomic E-state index is 12.8. The lowest BCUT2D eigenvalue weighted by molar-refractivity contribution is 0.0567. The van der Waals surface area contributed by atoms with Gasteiger partial charge in [0.25, 0.3) is 0 Å². The first kappa shape index (κ1) is 15.8. The predicted molar refractivity (Wildman–Crippen MR) is 97.9 cm³/mol. The smallest absolute Gasteiger partial charge is 0.390 e. The molecule has 0 unspecified atom stereocenters. The molecule has 4 heteroatoms. The maximum Gasteiger partial charge on any atom is 0.390 e. The summed E-state index contributed by atoms with van der Waals surface area (Å²) in [6.07, 6.45) is 0.